The Morgan fingerprint density at radius 1 is 1.07 bits per heavy atom. The smallest absolute Gasteiger partial charge is 0.354 e. The number of nitrogens with one attached hydrogen (secondary N) is 1. The third-order valence-corrected chi connectivity index (χ3v) is 4.51. The normalized spacial score (nSPS) is 13.1. The van der Waals surface area contributed by atoms with Crippen LogP contribution >= 0.6 is 0 Å². The second-order valence-electron chi connectivity index (χ2n) is 6.51. The van der Waals surface area contributed by atoms with E-state index in [4.69, 9.17) is 4.74 Å². The first-order valence-corrected chi connectivity index (χ1v) is 9.57. The third kappa shape index (κ3) is 4.88. The Morgan fingerprint density at radius 2 is 1.69 bits per heavy atom. The maximum Gasteiger partial charge on any atom is 0.354 e. The van der Waals surface area contributed by atoms with Crippen molar-refractivity contribution in [1.29, 1.82) is 5.26 Å². The van der Waals surface area contributed by atoms with Gasteiger partial charge in [0, 0.05) is 6.42 Å². The summed E-state index contributed by atoms with van der Waals surface area (Å²) < 4.78 is 4.89. The van der Waals surface area contributed by atoms with Gasteiger partial charge in [-0.2, -0.15) is 10.4 Å². The van der Waals surface area contributed by atoms with Gasteiger partial charge in [0.15, 0.2) is 11.2 Å². The van der Waals surface area contributed by atoms with Crippen molar-refractivity contribution in [3.05, 3.63) is 65.7 Å². The summed E-state index contributed by atoms with van der Waals surface area (Å²) in [6, 6.07) is 18.3. The molecule has 0 aliphatic heterocycles. The Balaban J connectivity index is 2.37. The molecule has 0 aliphatic carbocycles. The van der Waals surface area contributed by atoms with Gasteiger partial charge in [-0.05, 0) is 43.5 Å². The summed E-state index contributed by atoms with van der Waals surface area (Å²) in [7, 11) is 0. The molecule has 2 aromatic rings. The zero-order valence-corrected chi connectivity index (χ0v) is 16.9. The maximum absolute atomic E-state index is 13.0. The van der Waals surface area contributed by atoms with Gasteiger partial charge < -0.3 is 4.74 Å². The van der Waals surface area contributed by atoms with Crippen molar-refractivity contribution in [2.45, 2.75) is 39.0 Å². The third-order valence-electron chi connectivity index (χ3n) is 4.51. The van der Waals surface area contributed by atoms with Gasteiger partial charge in [-0.1, -0.05) is 49.4 Å². The molecule has 0 aromatic heterocycles. The first kappa shape index (κ1) is 21.8. The number of esters is 1. The molecule has 0 aliphatic rings. The first-order valence-electron chi connectivity index (χ1n) is 9.57. The maximum atomic E-state index is 13.0. The molecule has 0 amide bonds. The molecule has 0 bridgehead atoms. The fourth-order valence-corrected chi connectivity index (χ4v) is 3.01. The summed E-state index contributed by atoms with van der Waals surface area (Å²) in [6.45, 7) is 5.48. The second-order valence-corrected chi connectivity index (χ2v) is 6.51. The number of hydrogen-bond acceptors (Lipinski definition) is 6. The molecular formula is C23H25N3O3. The number of ether oxygens (including phenoxy) is 1. The van der Waals surface area contributed by atoms with E-state index in [1.165, 1.54) is 0 Å². The number of Topliss-reactive ketones (excluding diaryl/α,β-unsaturated/α-hetero) is 1. The summed E-state index contributed by atoms with van der Waals surface area (Å²) in [4.78, 5) is 24.6. The number of anilines is 1. The standard InChI is InChI=1S/C23H25N3O3/c1-4-9-21(27)23(16-24,18-10-7-6-8-11-18)19-12-14-20(15-13-19)26-25-17(3)22(28)29-5-2/h6-8,10-15,26H,4-5,9H2,1-3H3/b25-17+. The lowest BCUT2D eigenvalue weighted by molar-refractivity contribution is -0.135. The van der Waals surface area contributed by atoms with Crippen molar-refractivity contribution >= 4 is 23.2 Å². The molecule has 6 heteroatoms. The molecule has 6 nitrogen and oxygen atoms in total. The summed E-state index contributed by atoms with van der Waals surface area (Å²) in [5, 5.41) is 14.1. The summed E-state index contributed by atoms with van der Waals surface area (Å²) in [5.74, 6) is -0.625. The molecule has 1 N–H and O–H groups in total. The van der Waals surface area contributed by atoms with Crippen molar-refractivity contribution in [3.8, 4) is 6.07 Å². The Kier molecular flexibility index (Phi) is 7.67. The molecular weight excluding hydrogens is 366 g/mol. The predicted octanol–water partition coefficient (Wildman–Crippen LogP) is 4.22. The highest BCUT2D eigenvalue weighted by Gasteiger charge is 2.41. The molecule has 1 unspecified atom stereocenters. The van der Waals surface area contributed by atoms with Crippen molar-refractivity contribution in [1.82, 2.24) is 0 Å². The van der Waals surface area contributed by atoms with E-state index in [0.717, 1.165) is 0 Å². The van der Waals surface area contributed by atoms with Crippen molar-refractivity contribution in [2.75, 3.05) is 12.0 Å². The monoisotopic (exact) mass is 391 g/mol. The first-order chi connectivity index (χ1) is 14.0. The van der Waals surface area contributed by atoms with Crippen LogP contribution in [0.5, 0.6) is 0 Å². The molecule has 0 saturated heterocycles. The fraction of sp³-hybridized carbons (Fsp3) is 0.304. The highest BCUT2D eigenvalue weighted by Crippen LogP contribution is 2.35. The summed E-state index contributed by atoms with van der Waals surface area (Å²) >= 11 is 0. The highest BCUT2D eigenvalue weighted by atomic mass is 16.5. The molecule has 0 fully saturated rings. The molecule has 2 aromatic carbocycles. The lowest BCUT2D eigenvalue weighted by atomic mass is 9.71. The Morgan fingerprint density at radius 3 is 2.24 bits per heavy atom. The van der Waals surface area contributed by atoms with Crippen LogP contribution in [-0.2, 0) is 19.7 Å². The van der Waals surface area contributed by atoms with Crippen LogP contribution in [0.15, 0.2) is 59.7 Å². The number of carbonyl (C=O) groups excluding carboxylic acids is 2. The van der Waals surface area contributed by atoms with Gasteiger partial charge in [-0.3, -0.25) is 10.2 Å². The largest absolute Gasteiger partial charge is 0.461 e. The highest BCUT2D eigenvalue weighted by molar-refractivity contribution is 6.35. The molecule has 150 valence electrons. The minimum atomic E-state index is -1.36. The van der Waals surface area contributed by atoms with Crippen LogP contribution in [0.1, 0.15) is 44.7 Å². The number of hydrogen-bond donors (Lipinski definition) is 1. The van der Waals surface area contributed by atoms with Crippen LogP contribution in [-0.4, -0.2) is 24.1 Å². The topological polar surface area (TPSA) is 91.5 Å². The molecule has 2 rings (SSSR count). The Bertz CT molecular complexity index is 915. The van der Waals surface area contributed by atoms with E-state index in [-0.39, 0.29) is 18.1 Å². The van der Waals surface area contributed by atoms with Gasteiger partial charge in [-0.25, -0.2) is 4.79 Å². The number of nitriles is 1. The second kappa shape index (κ2) is 10.2. The van der Waals surface area contributed by atoms with Gasteiger partial charge in [-0.15, -0.1) is 0 Å². The van der Waals surface area contributed by atoms with Gasteiger partial charge >= 0.3 is 5.97 Å². The van der Waals surface area contributed by atoms with Crippen LogP contribution in [0.3, 0.4) is 0 Å². The van der Waals surface area contributed by atoms with E-state index in [0.29, 0.717) is 29.7 Å². The molecule has 0 saturated carbocycles. The molecule has 1 atom stereocenters. The Hall–Kier alpha value is -3.46. The zero-order chi connectivity index (χ0) is 21.3. The quantitative estimate of drug-likeness (QED) is 0.393. The van der Waals surface area contributed by atoms with E-state index in [2.05, 4.69) is 16.6 Å². The van der Waals surface area contributed by atoms with Crippen molar-refractivity contribution in [3.63, 3.8) is 0 Å². The average Bonchev–Trinajstić information content (AvgIpc) is 2.75. The van der Waals surface area contributed by atoms with Gasteiger partial charge in [0.25, 0.3) is 0 Å². The molecule has 0 spiro atoms. The van der Waals surface area contributed by atoms with Crippen molar-refractivity contribution in [2.24, 2.45) is 5.10 Å². The minimum absolute atomic E-state index is 0.134. The Labute approximate surface area is 171 Å². The van der Waals surface area contributed by atoms with Crippen LogP contribution in [0.4, 0.5) is 5.69 Å². The van der Waals surface area contributed by atoms with Gasteiger partial charge in [0.1, 0.15) is 5.71 Å². The number of hydrazone groups is 1. The van der Waals surface area contributed by atoms with Crippen LogP contribution in [0, 0.1) is 11.3 Å². The lowest BCUT2D eigenvalue weighted by Gasteiger charge is -2.26. The zero-order valence-electron chi connectivity index (χ0n) is 16.9. The average molecular weight is 391 g/mol. The van der Waals surface area contributed by atoms with Gasteiger partial charge in [0.2, 0.25) is 0 Å². The molecule has 0 radical (unpaired) electrons. The van der Waals surface area contributed by atoms with Gasteiger partial charge in [0.05, 0.1) is 18.4 Å². The van der Waals surface area contributed by atoms with Crippen LogP contribution in [0.25, 0.3) is 0 Å². The minimum Gasteiger partial charge on any atom is -0.461 e. The number of nitrogens with zero attached hydrogens (tertiary/aromatic N) is 2. The van der Waals surface area contributed by atoms with Crippen molar-refractivity contribution < 1.29 is 14.3 Å². The van der Waals surface area contributed by atoms with E-state index in [1.54, 1.807) is 50.2 Å². The number of benzene rings is 2. The van der Waals surface area contributed by atoms with E-state index >= 15 is 0 Å². The lowest BCUT2D eigenvalue weighted by Crippen LogP contribution is -2.35. The summed E-state index contributed by atoms with van der Waals surface area (Å²) in [6.07, 6.45) is 0.974. The SMILES string of the molecule is CCCC(=O)C(C#N)(c1ccccc1)c1ccc(N/N=C(\C)C(=O)OCC)cc1. The van der Waals surface area contributed by atoms with Crippen LogP contribution in [0.2, 0.25) is 0 Å². The fourth-order valence-electron chi connectivity index (χ4n) is 3.01. The van der Waals surface area contributed by atoms with E-state index in [1.807, 2.05) is 25.1 Å². The molecule has 29 heavy (non-hydrogen) atoms. The summed E-state index contributed by atoms with van der Waals surface area (Å²) in [5.41, 5.74) is 3.51. The number of carbonyl (C=O) groups is 2. The van der Waals surface area contributed by atoms with E-state index < -0.39 is 11.4 Å². The number of ketones is 1. The molecule has 0 heterocycles. The number of rotatable bonds is 9. The van der Waals surface area contributed by atoms with E-state index in [9.17, 15) is 14.9 Å². The predicted molar refractivity (Wildman–Crippen MR) is 113 cm³/mol. The van der Waals surface area contributed by atoms with Crippen LogP contribution < -0.4 is 5.43 Å².